The monoisotopic (exact) mass is 397 g/mol. The zero-order chi connectivity index (χ0) is 19.5. The normalized spacial score (nSPS) is 16.9. The Kier molecular flexibility index (Phi) is 5.62. The van der Waals surface area contributed by atoms with E-state index in [1.54, 1.807) is 6.07 Å². The number of hydrogen-bond acceptors (Lipinski definition) is 4. The molecule has 1 atom stereocenters. The standard InChI is InChI=1S/C21H24ClN5O/c1-16(21(28)24-19-7-3-2-6-18(19)22)26-12-10-25(11-13-26)14-17-15-27-9-5-4-8-20(27)23-17/h2-9,15-16H,10-14H2,1H3,(H,24,28). The van der Waals surface area contributed by atoms with Gasteiger partial charge in [0.1, 0.15) is 5.65 Å². The number of fused-ring (bicyclic) bond motifs is 1. The summed E-state index contributed by atoms with van der Waals surface area (Å²) in [5.74, 6) is -0.0260. The predicted octanol–water partition coefficient (Wildman–Crippen LogP) is 3.13. The van der Waals surface area contributed by atoms with E-state index in [1.165, 1.54) is 0 Å². The van der Waals surface area contributed by atoms with Crippen molar-refractivity contribution in [2.45, 2.75) is 19.5 Å². The van der Waals surface area contributed by atoms with Gasteiger partial charge >= 0.3 is 0 Å². The van der Waals surface area contributed by atoms with Crippen LogP contribution >= 0.6 is 11.6 Å². The largest absolute Gasteiger partial charge is 0.323 e. The molecule has 1 aromatic carbocycles. The Morgan fingerprint density at radius 3 is 2.64 bits per heavy atom. The molecule has 1 fully saturated rings. The fraction of sp³-hybridized carbons (Fsp3) is 0.333. The number of nitrogens with zero attached hydrogens (tertiary/aromatic N) is 4. The van der Waals surface area contributed by atoms with Crippen LogP contribution in [0.2, 0.25) is 5.02 Å². The number of hydrogen-bond donors (Lipinski definition) is 1. The number of imidazole rings is 1. The van der Waals surface area contributed by atoms with E-state index in [1.807, 2.05) is 53.9 Å². The molecule has 146 valence electrons. The Labute approximate surface area is 169 Å². The van der Waals surface area contributed by atoms with E-state index in [2.05, 4.69) is 26.3 Å². The third-order valence-electron chi connectivity index (χ3n) is 5.27. The molecule has 4 rings (SSSR count). The van der Waals surface area contributed by atoms with Gasteiger partial charge in [-0.2, -0.15) is 0 Å². The maximum Gasteiger partial charge on any atom is 0.241 e. The first-order chi connectivity index (χ1) is 13.6. The lowest BCUT2D eigenvalue weighted by atomic mass is 10.2. The number of amides is 1. The van der Waals surface area contributed by atoms with Crippen LogP contribution in [0.25, 0.3) is 5.65 Å². The summed E-state index contributed by atoms with van der Waals surface area (Å²) in [6, 6.07) is 13.1. The smallest absolute Gasteiger partial charge is 0.241 e. The van der Waals surface area contributed by atoms with Gasteiger partial charge in [0.2, 0.25) is 5.91 Å². The third kappa shape index (κ3) is 4.19. The maximum atomic E-state index is 12.6. The first-order valence-electron chi connectivity index (χ1n) is 9.54. The maximum absolute atomic E-state index is 12.6. The number of rotatable bonds is 5. The number of anilines is 1. The van der Waals surface area contributed by atoms with Crippen molar-refractivity contribution < 1.29 is 4.79 Å². The van der Waals surface area contributed by atoms with E-state index in [-0.39, 0.29) is 11.9 Å². The van der Waals surface area contributed by atoms with Crippen molar-refractivity contribution in [2.24, 2.45) is 0 Å². The summed E-state index contributed by atoms with van der Waals surface area (Å²) < 4.78 is 2.05. The van der Waals surface area contributed by atoms with Crippen molar-refractivity contribution in [1.29, 1.82) is 0 Å². The number of para-hydroxylation sites is 1. The van der Waals surface area contributed by atoms with Crippen LogP contribution in [-0.4, -0.2) is 57.3 Å². The summed E-state index contributed by atoms with van der Waals surface area (Å²) in [6.45, 7) is 6.31. The second-order valence-corrected chi connectivity index (χ2v) is 7.56. The van der Waals surface area contributed by atoms with E-state index < -0.39 is 0 Å². The number of halogens is 1. The average molecular weight is 398 g/mol. The Morgan fingerprint density at radius 2 is 1.89 bits per heavy atom. The van der Waals surface area contributed by atoms with Gasteiger partial charge in [-0.1, -0.05) is 29.8 Å². The van der Waals surface area contributed by atoms with Crippen molar-refractivity contribution in [2.75, 3.05) is 31.5 Å². The van der Waals surface area contributed by atoms with Gasteiger partial charge in [0.25, 0.3) is 0 Å². The predicted molar refractivity (Wildman–Crippen MR) is 112 cm³/mol. The molecule has 1 N–H and O–H groups in total. The van der Waals surface area contributed by atoms with Gasteiger partial charge in [-0.05, 0) is 31.2 Å². The van der Waals surface area contributed by atoms with Crippen LogP contribution in [-0.2, 0) is 11.3 Å². The van der Waals surface area contributed by atoms with Crippen LogP contribution in [0, 0.1) is 0 Å². The Bertz CT molecular complexity index is 931. The van der Waals surface area contributed by atoms with Crippen molar-refractivity contribution in [3.63, 3.8) is 0 Å². The number of carbonyl (C=O) groups excluding carboxylic acids is 1. The Balaban J connectivity index is 1.30. The zero-order valence-corrected chi connectivity index (χ0v) is 16.6. The van der Waals surface area contributed by atoms with Crippen LogP contribution in [0.3, 0.4) is 0 Å². The summed E-state index contributed by atoms with van der Waals surface area (Å²) in [5.41, 5.74) is 2.71. The first-order valence-corrected chi connectivity index (χ1v) is 9.92. The molecular formula is C21H24ClN5O. The minimum Gasteiger partial charge on any atom is -0.323 e. The molecule has 1 amide bonds. The molecule has 0 saturated carbocycles. The Hall–Kier alpha value is -2.41. The summed E-state index contributed by atoms with van der Waals surface area (Å²) in [7, 11) is 0. The SMILES string of the molecule is CC(C(=O)Nc1ccccc1Cl)N1CCN(Cc2cn3ccccc3n2)CC1. The molecule has 0 radical (unpaired) electrons. The lowest BCUT2D eigenvalue weighted by molar-refractivity contribution is -0.121. The Morgan fingerprint density at radius 1 is 1.14 bits per heavy atom. The number of carbonyl (C=O) groups is 1. The van der Waals surface area contributed by atoms with Crippen molar-refractivity contribution in [1.82, 2.24) is 19.2 Å². The number of piperazine rings is 1. The molecule has 1 aliphatic heterocycles. The van der Waals surface area contributed by atoms with Gasteiger partial charge in [-0.25, -0.2) is 4.98 Å². The summed E-state index contributed by atoms with van der Waals surface area (Å²) in [5, 5.41) is 3.49. The fourth-order valence-corrected chi connectivity index (χ4v) is 3.75. The van der Waals surface area contributed by atoms with Crippen LogP contribution < -0.4 is 5.32 Å². The summed E-state index contributed by atoms with van der Waals surface area (Å²) in [4.78, 5) is 21.9. The molecule has 1 unspecified atom stereocenters. The molecule has 1 saturated heterocycles. The quantitative estimate of drug-likeness (QED) is 0.718. The first kappa shape index (κ1) is 18.9. The van der Waals surface area contributed by atoms with Gasteiger partial charge in [0.05, 0.1) is 22.4 Å². The molecule has 6 nitrogen and oxygen atoms in total. The molecule has 0 bridgehead atoms. The number of aromatic nitrogens is 2. The average Bonchev–Trinajstić information content (AvgIpc) is 3.12. The zero-order valence-electron chi connectivity index (χ0n) is 15.9. The van der Waals surface area contributed by atoms with Crippen molar-refractivity contribution >= 4 is 28.8 Å². The van der Waals surface area contributed by atoms with Crippen molar-refractivity contribution in [3.05, 3.63) is 65.6 Å². The number of benzene rings is 1. The van der Waals surface area contributed by atoms with Gasteiger partial charge < -0.3 is 9.72 Å². The van der Waals surface area contributed by atoms with Crippen LogP contribution in [0.4, 0.5) is 5.69 Å². The molecule has 0 aliphatic carbocycles. The van der Waals surface area contributed by atoms with E-state index in [0.29, 0.717) is 10.7 Å². The highest BCUT2D eigenvalue weighted by molar-refractivity contribution is 6.33. The van der Waals surface area contributed by atoms with Crippen LogP contribution in [0.5, 0.6) is 0 Å². The highest BCUT2D eigenvalue weighted by Gasteiger charge is 2.26. The fourth-order valence-electron chi connectivity index (χ4n) is 3.57. The second kappa shape index (κ2) is 8.31. The number of pyridine rings is 1. The molecular weight excluding hydrogens is 374 g/mol. The topological polar surface area (TPSA) is 52.9 Å². The van der Waals surface area contributed by atoms with E-state index in [9.17, 15) is 4.79 Å². The van der Waals surface area contributed by atoms with E-state index in [0.717, 1.165) is 44.1 Å². The number of nitrogens with one attached hydrogen (secondary N) is 1. The van der Waals surface area contributed by atoms with E-state index >= 15 is 0 Å². The highest BCUT2D eigenvalue weighted by Crippen LogP contribution is 2.21. The minimum atomic E-state index is -0.200. The van der Waals surface area contributed by atoms with Gasteiger partial charge in [0.15, 0.2) is 0 Å². The molecule has 3 aromatic rings. The van der Waals surface area contributed by atoms with E-state index in [4.69, 9.17) is 11.6 Å². The lowest BCUT2D eigenvalue weighted by Crippen LogP contribution is -2.52. The van der Waals surface area contributed by atoms with Crippen LogP contribution in [0.1, 0.15) is 12.6 Å². The minimum absolute atomic E-state index is 0.0260. The molecule has 7 heteroatoms. The van der Waals surface area contributed by atoms with Gasteiger partial charge in [0, 0.05) is 45.1 Å². The molecule has 28 heavy (non-hydrogen) atoms. The summed E-state index contributed by atoms with van der Waals surface area (Å²) in [6.07, 6.45) is 4.10. The molecule has 3 heterocycles. The molecule has 0 spiro atoms. The van der Waals surface area contributed by atoms with Crippen LogP contribution in [0.15, 0.2) is 54.9 Å². The lowest BCUT2D eigenvalue weighted by Gasteiger charge is -2.37. The second-order valence-electron chi connectivity index (χ2n) is 7.16. The third-order valence-corrected chi connectivity index (χ3v) is 5.59. The van der Waals surface area contributed by atoms with Crippen molar-refractivity contribution in [3.8, 4) is 0 Å². The highest BCUT2D eigenvalue weighted by atomic mass is 35.5. The molecule has 2 aromatic heterocycles. The molecule has 1 aliphatic rings. The van der Waals surface area contributed by atoms with Gasteiger partial charge in [-0.15, -0.1) is 0 Å². The van der Waals surface area contributed by atoms with Gasteiger partial charge in [-0.3, -0.25) is 14.6 Å². The summed E-state index contributed by atoms with van der Waals surface area (Å²) >= 11 is 6.14.